The lowest BCUT2D eigenvalue weighted by molar-refractivity contribution is -0.123. The zero-order valence-electron chi connectivity index (χ0n) is 11.2. The first-order valence-corrected chi connectivity index (χ1v) is 5.93. The van der Waals surface area contributed by atoms with E-state index in [9.17, 15) is 14.4 Å². The predicted molar refractivity (Wildman–Crippen MR) is 67.7 cm³/mol. The third-order valence-corrected chi connectivity index (χ3v) is 1.96. The number of nitrogens with two attached hydrogens (primary N) is 1. The zero-order valence-corrected chi connectivity index (χ0v) is 11.2. The molecule has 0 bridgehead atoms. The van der Waals surface area contributed by atoms with Crippen molar-refractivity contribution in [3.8, 4) is 0 Å². The molecule has 7 nitrogen and oxygen atoms in total. The molecule has 0 radical (unpaired) electrons. The molecule has 18 heavy (non-hydrogen) atoms. The van der Waals surface area contributed by atoms with Gasteiger partial charge in [-0.25, -0.2) is 4.79 Å². The molecule has 4 amide bonds. The van der Waals surface area contributed by atoms with Crippen molar-refractivity contribution in [1.82, 2.24) is 15.5 Å². The van der Waals surface area contributed by atoms with Crippen LogP contribution < -0.4 is 16.4 Å². The van der Waals surface area contributed by atoms with Gasteiger partial charge in [-0.15, -0.1) is 0 Å². The number of primary amides is 1. The van der Waals surface area contributed by atoms with E-state index < -0.39 is 17.8 Å². The SMILES string of the molecule is CCNC(=O)NC(=O)CN(CC(N)=O)CC(C)C. The van der Waals surface area contributed by atoms with Gasteiger partial charge in [0.15, 0.2) is 0 Å². The van der Waals surface area contributed by atoms with Crippen molar-refractivity contribution in [2.24, 2.45) is 11.7 Å². The summed E-state index contributed by atoms with van der Waals surface area (Å²) in [6, 6.07) is -0.536. The minimum absolute atomic E-state index is 0.000989. The molecule has 0 spiro atoms. The highest BCUT2D eigenvalue weighted by molar-refractivity contribution is 5.95. The molecule has 0 aromatic carbocycles. The molecule has 0 aromatic rings. The lowest BCUT2D eigenvalue weighted by atomic mass is 10.2. The standard InChI is InChI=1S/C11H22N4O3/c1-4-13-11(18)14-10(17)7-15(5-8(2)3)6-9(12)16/h8H,4-7H2,1-3H3,(H2,12,16)(H2,13,14,17,18). The largest absolute Gasteiger partial charge is 0.369 e. The normalized spacial score (nSPS) is 10.5. The van der Waals surface area contributed by atoms with Crippen LogP contribution in [-0.4, -0.2) is 48.9 Å². The van der Waals surface area contributed by atoms with E-state index in [0.717, 1.165) is 0 Å². The molecule has 0 fully saturated rings. The van der Waals surface area contributed by atoms with Gasteiger partial charge in [0.2, 0.25) is 11.8 Å². The van der Waals surface area contributed by atoms with Crippen molar-refractivity contribution >= 4 is 17.8 Å². The van der Waals surface area contributed by atoms with E-state index in [0.29, 0.717) is 19.0 Å². The van der Waals surface area contributed by atoms with Crippen molar-refractivity contribution < 1.29 is 14.4 Å². The maximum Gasteiger partial charge on any atom is 0.321 e. The number of hydrogen-bond donors (Lipinski definition) is 3. The average molecular weight is 258 g/mol. The number of amides is 4. The van der Waals surface area contributed by atoms with Crippen LogP contribution in [0.5, 0.6) is 0 Å². The fourth-order valence-corrected chi connectivity index (χ4v) is 1.50. The minimum Gasteiger partial charge on any atom is -0.369 e. The van der Waals surface area contributed by atoms with E-state index in [1.165, 1.54) is 0 Å². The van der Waals surface area contributed by atoms with E-state index in [2.05, 4.69) is 10.6 Å². The van der Waals surface area contributed by atoms with Gasteiger partial charge in [-0.2, -0.15) is 0 Å². The summed E-state index contributed by atoms with van der Waals surface area (Å²) in [5.74, 6) is -0.661. The third kappa shape index (κ3) is 8.51. The van der Waals surface area contributed by atoms with Gasteiger partial charge >= 0.3 is 6.03 Å². The van der Waals surface area contributed by atoms with Gasteiger partial charge in [-0.1, -0.05) is 13.8 Å². The summed E-state index contributed by atoms with van der Waals surface area (Å²) in [7, 11) is 0. The van der Waals surface area contributed by atoms with Crippen molar-refractivity contribution in [2.45, 2.75) is 20.8 Å². The molecule has 0 rings (SSSR count). The van der Waals surface area contributed by atoms with Crippen LogP contribution in [0.4, 0.5) is 4.79 Å². The Balaban J connectivity index is 4.25. The number of nitrogens with one attached hydrogen (secondary N) is 2. The van der Waals surface area contributed by atoms with E-state index in [-0.39, 0.29) is 13.1 Å². The van der Waals surface area contributed by atoms with Gasteiger partial charge in [0.25, 0.3) is 0 Å². The highest BCUT2D eigenvalue weighted by atomic mass is 16.2. The first-order valence-electron chi connectivity index (χ1n) is 5.93. The van der Waals surface area contributed by atoms with Crippen molar-refractivity contribution in [3.63, 3.8) is 0 Å². The van der Waals surface area contributed by atoms with Crippen molar-refractivity contribution in [3.05, 3.63) is 0 Å². The Bertz CT molecular complexity index is 305. The Kier molecular flexibility index (Phi) is 7.69. The van der Waals surface area contributed by atoms with Gasteiger partial charge < -0.3 is 11.1 Å². The number of imide groups is 1. The summed E-state index contributed by atoms with van der Waals surface area (Å²) < 4.78 is 0. The number of hydrogen-bond acceptors (Lipinski definition) is 4. The van der Waals surface area contributed by atoms with Crippen LogP contribution in [0.1, 0.15) is 20.8 Å². The van der Waals surface area contributed by atoms with E-state index in [1.807, 2.05) is 13.8 Å². The number of rotatable bonds is 7. The topological polar surface area (TPSA) is 105 Å². The lowest BCUT2D eigenvalue weighted by Crippen LogP contribution is -2.47. The summed E-state index contributed by atoms with van der Waals surface area (Å²) in [6.45, 7) is 6.66. The Hall–Kier alpha value is -1.63. The van der Waals surface area contributed by atoms with E-state index in [1.54, 1.807) is 11.8 Å². The molecule has 7 heteroatoms. The Morgan fingerprint density at radius 2 is 1.83 bits per heavy atom. The van der Waals surface area contributed by atoms with Gasteiger partial charge in [0.1, 0.15) is 0 Å². The van der Waals surface area contributed by atoms with Crippen LogP contribution in [-0.2, 0) is 9.59 Å². The summed E-state index contributed by atoms with van der Waals surface area (Å²) >= 11 is 0. The first kappa shape index (κ1) is 16.4. The second-order valence-corrected chi connectivity index (χ2v) is 4.44. The molecule has 0 aromatic heterocycles. The third-order valence-electron chi connectivity index (χ3n) is 1.96. The van der Waals surface area contributed by atoms with Crippen LogP contribution in [0.15, 0.2) is 0 Å². The van der Waals surface area contributed by atoms with Crippen molar-refractivity contribution in [1.29, 1.82) is 0 Å². The van der Waals surface area contributed by atoms with Crippen LogP contribution in [0.3, 0.4) is 0 Å². The predicted octanol–water partition coefficient (Wildman–Crippen LogP) is -0.725. The minimum atomic E-state index is -0.536. The molecule has 0 aliphatic heterocycles. The quantitative estimate of drug-likeness (QED) is 0.560. The molecule has 4 N–H and O–H groups in total. The molecule has 0 heterocycles. The maximum absolute atomic E-state index is 11.5. The van der Waals surface area contributed by atoms with Crippen molar-refractivity contribution in [2.75, 3.05) is 26.2 Å². The van der Waals surface area contributed by atoms with E-state index >= 15 is 0 Å². The fraction of sp³-hybridized carbons (Fsp3) is 0.727. The molecule has 104 valence electrons. The molecule has 0 atom stereocenters. The second-order valence-electron chi connectivity index (χ2n) is 4.44. The molecule has 0 saturated heterocycles. The Morgan fingerprint density at radius 1 is 1.22 bits per heavy atom. The van der Waals surface area contributed by atoms with Gasteiger partial charge in [-0.05, 0) is 12.8 Å². The molecular weight excluding hydrogens is 236 g/mol. The van der Waals surface area contributed by atoms with Crippen LogP contribution >= 0.6 is 0 Å². The Labute approximate surface area is 107 Å². The summed E-state index contributed by atoms with van der Waals surface area (Å²) in [6.07, 6.45) is 0. The average Bonchev–Trinajstić information content (AvgIpc) is 2.14. The number of nitrogens with zero attached hydrogens (tertiary/aromatic N) is 1. The fourth-order valence-electron chi connectivity index (χ4n) is 1.50. The van der Waals surface area contributed by atoms with Gasteiger partial charge in [0, 0.05) is 13.1 Å². The van der Waals surface area contributed by atoms with Crippen LogP contribution in [0.25, 0.3) is 0 Å². The van der Waals surface area contributed by atoms with Gasteiger partial charge in [0.05, 0.1) is 13.1 Å². The number of urea groups is 1. The number of carbonyl (C=O) groups is 3. The van der Waals surface area contributed by atoms with Gasteiger partial charge in [-0.3, -0.25) is 19.8 Å². The Morgan fingerprint density at radius 3 is 2.28 bits per heavy atom. The molecule has 0 unspecified atom stereocenters. The molecule has 0 saturated carbocycles. The number of carbonyl (C=O) groups excluding carboxylic acids is 3. The first-order chi connectivity index (χ1) is 8.35. The molecule has 0 aliphatic rings. The second kappa shape index (κ2) is 8.46. The highest BCUT2D eigenvalue weighted by Crippen LogP contribution is 1.97. The summed E-state index contributed by atoms with van der Waals surface area (Å²) in [4.78, 5) is 35.1. The maximum atomic E-state index is 11.5. The highest BCUT2D eigenvalue weighted by Gasteiger charge is 2.15. The molecule has 0 aliphatic carbocycles. The summed E-state index contributed by atoms with van der Waals surface area (Å²) in [5, 5.41) is 4.63. The molecular formula is C11H22N4O3. The van der Waals surface area contributed by atoms with Crippen LogP contribution in [0.2, 0.25) is 0 Å². The van der Waals surface area contributed by atoms with Crippen LogP contribution in [0, 0.1) is 5.92 Å². The monoisotopic (exact) mass is 258 g/mol. The smallest absolute Gasteiger partial charge is 0.321 e. The summed E-state index contributed by atoms with van der Waals surface area (Å²) in [5.41, 5.74) is 5.10. The zero-order chi connectivity index (χ0) is 14.1. The van der Waals surface area contributed by atoms with E-state index in [4.69, 9.17) is 5.73 Å². The lowest BCUT2D eigenvalue weighted by Gasteiger charge is -2.21.